The molecule has 1 amide bonds. The summed E-state index contributed by atoms with van der Waals surface area (Å²) in [5.74, 6) is -0.776. The van der Waals surface area contributed by atoms with Gasteiger partial charge in [0, 0.05) is 50.0 Å². The maximum absolute atomic E-state index is 14.8. The molecule has 7 atom stereocenters. The van der Waals surface area contributed by atoms with Gasteiger partial charge in [-0.05, 0) is 123 Å². The number of aliphatic hydroxyl groups excluding tert-OH is 2. The molecule has 3 aromatic rings. The molecule has 3 fully saturated rings. The summed E-state index contributed by atoms with van der Waals surface area (Å²) < 4.78 is 46.7. The van der Waals surface area contributed by atoms with Crippen LogP contribution >= 0.6 is 0 Å². The normalized spacial score (nSPS) is 26.4. The molecule has 2 heterocycles. The minimum Gasteiger partial charge on any atom is -0.496 e. The minimum absolute atomic E-state index is 0.00136. The zero-order valence-electron chi connectivity index (χ0n) is 36.7. The number of rotatable bonds is 21. The lowest BCUT2D eigenvalue weighted by molar-refractivity contribution is -0.258. The monoisotopic (exact) mass is 880 g/mol. The topological polar surface area (TPSA) is 146 Å². The summed E-state index contributed by atoms with van der Waals surface area (Å²) in [5.41, 5.74) is 3.61. The number of halogens is 1. The van der Waals surface area contributed by atoms with E-state index in [4.69, 9.17) is 33.7 Å². The number of carbonyl (C=O) groups is 2. The third kappa shape index (κ3) is 9.78. The van der Waals surface area contributed by atoms with Gasteiger partial charge < -0.3 is 43.6 Å². The highest BCUT2D eigenvalue weighted by molar-refractivity contribution is 6.03. The standard InChI is InChI=1S/C51H61FN2O10/c1-3-25-61-51-46(54(50(58)34-15-16-34)31-33-13-17-37(52)18-14-33)30-43(53-64-47-12-6-9-26-60-47)41-28-35(10-4-7-23-55)40(11-5-8-24-56)48(49(41)51)42-29-39(20-22-45(42)63-51)62-38-19-21-44(59-2)36(27-38)32-57/h3,13-14,17-22,27-29,32,34-35,40,46-49,55-56H,1,4-12,15-16,23-26,30-31H2,2H3/t35-,40+,46-,47?,48+,49+,51+/m0/s1. The molecule has 8 rings (SSSR count). The smallest absolute Gasteiger partial charge is 0.239 e. The van der Waals surface area contributed by atoms with E-state index < -0.39 is 24.0 Å². The first-order chi connectivity index (χ1) is 31.3. The van der Waals surface area contributed by atoms with Gasteiger partial charge >= 0.3 is 0 Å². The maximum Gasteiger partial charge on any atom is 0.239 e. The number of hydrogen-bond donors (Lipinski definition) is 2. The van der Waals surface area contributed by atoms with Crippen LogP contribution in [0, 0.1) is 29.5 Å². The molecule has 0 spiro atoms. The summed E-state index contributed by atoms with van der Waals surface area (Å²) in [6, 6.07) is 16.4. The largest absolute Gasteiger partial charge is 0.496 e. The van der Waals surface area contributed by atoms with Crippen LogP contribution in [0.2, 0.25) is 0 Å². The Balaban J connectivity index is 1.33. The summed E-state index contributed by atoms with van der Waals surface area (Å²) in [7, 11) is 1.51. The highest BCUT2D eigenvalue weighted by atomic mass is 19.1. The van der Waals surface area contributed by atoms with Crippen molar-refractivity contribution in [3.05, 3.63) is 107 Å². The molecule has 64 heavy (non-hydrogen) atoms. The predicted molar refractivity (Wildman–Crippen MR) is 238 cm³/mol. The molecule has 3 aliphatic carbocycles. The van der Waals surface area contributed by atoms with Crippen LogP contribution in [0.1, 0.15) is 104 Å². The third-order valence-electron chi connectivity index (χ3n) is 13.5. The van der Waals surface area contributed by atoms with E-state index >= 15 is 0 Å². The number of unbranched alkanes of at least 4 members (excludes halogenated alkanes) is 2. The highest BCUT2D eigenvalue weighted by Crippen LogP contribution is 2.62. The number of fused-ring (bicyclic) bond motifs is 2. The van der Waals surface area contributed by atoms with E-state index in [-0.39, 0.29) is 68.2 Å². The van der Waals surface area contributed by atoms with Gasteiger partial charge in [-0.1, -0.05) is 42.3 Å². The van der Waals surface area contributed by atoms with Crippen molar-refractivity contribution in [2.24, 2.45) is 28.8 Å². The molecule has 2 saturated carbocycles. The molecule has 342 valence electrons. The fourth-order valence-corrected chi connectivity index (χ4v) is 10.3. The van der Waals surface area contributed by atoms with E-state index in [2.05, 4.69) is 12.7 Å². The lowest BCUT2D eigenvalue weighted by Gasteiger charge is -2.60. The summed E-state index contributed by atoms with van der Waals surface area (Å²) in [5, 5.41) is 24.9. The number of ether oxygens (including phenoxy) is 5. The van der Waals surface area contributed by atoms with E-state index in [0.29, 0.717) is 60.1 Å². The third-order valence-corrected chi connectivity index (χ3v) is 13.5. The van der Waals surface area contributed by atoms with Crippen molar-refractivity contribution >= 4 is 17.9 Å². The molecular formula is C51H61FN2O10. The molecule has 2 N–H and O–H groups in total. The summed E-state index contributed by atoms with van der Waals surface area (Å²) in [6.45, 7) is 5.08. The molecule has 2 aliphatic heterocycles. The highest BCUT2D eigenvalue weighted by Gasteiger charge is 2.66. The molecule has 5 aliphatic rings. The number of amides is 1. The van der Waals surface area contributed by atoms with Crippen molar-refractivity contribution in [2.75, 3.05) is 33.5 Å². The number of oxime groups is 1. The van der Waals surface area contributed by atoms with Crippen LogP contribution < -0.4 is 14.2 Å². The fourth-order valence-electron chi connectivity index (χ4n) is 10.3. The Hall–Kier alpha value is -5.08. The Morgan fingerprint density at radius 3 is 2.45 bits per heavy atom. The van der Waals surface area contributed by atoms with Crippen LogP contribution in [0.25, 0.3) is 0 Å². The number of methoxy groups -OCH3 is 1. The van der Waals surface area contributed by atoms with Crippen LogP contribution in [-0.4, -0.2) is 84.7 Å². The van der Waals surface area contributed by atoms with Gasteiger partial charge in [0.25, 0.3) is 0 Å². The summed E-state index contributed by atoms with van der Waals surface area (Å²) in [6.07, 6.45) is 13.0. The molecular weight excluding hydrogens is 820 g/mol. The van der Waals surface area contributed by atoms with Gasteiger partial charge in [-0.15, -0.1) is 6.58 Å². The van der Waals surface area contributed by atoms with Crippen molar-refractivity contribution in [1.82, 2.24) is 4.90 Å². The molecule has 1 unspecified atom stereocenters. The lowest BCUT2D eigenvalue weighted by atomic mass is 9.55. The van der Waals surface area contributed by atoms with E-state index in [9.17, 15) is 24.2 Å². The number of nitrogens with zero attached hydrogens (tertiary/aromatic N) is 2. The zero-order chi connectivity index (χ0) is 44.6. The number of aldehydes is 1. The second-order valence-electron chi connectivity index (χ2n) is 17.7. The van der Waals surface area contributed by atoms with Crippen molar-refractivity contribution in [3.63, 3.8) is 0 Å². The van der Waals surface area contributed by atoms with Crippen LogP contribution in [0.5, 0.6) is 23.0 Å². The first-order valence-electron chi connectivity index (χ1n) is 23.0. The van der Waals surface area contributed by atoms with Crippen LogP contribution in [0.3, 0.4) is 0 Å². The molecule has 0 aromatic heterocycles. The van der Waals surface area contributed by atoms with E-state index in [1.807, 2.05) is 23.1 Å². The van der Waals surface area contributed by atoms with E-state index in [1.165, 1.54) is 19.2 Å². The Kier molecular flexibility index (Phi) is 14.8. The molecule has 3 aromatic carbocycles. The van der Waals surface area contributed by atoms with Gasteiger partial charge in [0.1, 0.15) is 34.9 Å². The van der Waals surface area contributed by atoms with E-state index in [0.717, 1.165) is 74.4 Å². The SMILES string of the molecule is C=CCO[C@@]12Oc3ccc(Oc4ccc(OC)c(C=O)c4)cc3[C@H]3[C@H](CCCCO)[C@@H](CCCCO)C=C(C(=NOC4CCCCO4)C[C@@H]1N(Cc1ccc(F)cc1)C(=O)C1CC1)[C@H]32. The second kappa shape index (κ2) is 20.8. The number of carbonyl (C=O) groups excluding carboxylic acids is 2. The molecule has 1 saturated heterocycles. The molecule has 0 bridgehead atoms. The fraction of sp³-hybridized carbons (Fsp3) is 0.510. The Labute approximate surface area is 375 Å². The van der Waals surface area contributed by atoms with Crippen molar-refractivity contribution in [2.45, 2.75) is 108 Å². The molecule has 12 nitrogen and oxygen atoms in total. The Morgan fingerprint density at radius 1 is 0.984 bits per heavy atom. The number of aliphatic hydroxyl groups is 2. The average Bonchev–Trinajstić information content (AvgIpc) is 4.18. The van der Waals surface area contributed by atoms with Gasteiger partial charge in [0.05, 0.1) is 37.5 Å². The zero-order valence-corrected chi connectivity index (χ0v) is 36.7. The minimum atomic E-state index is -1.45. The Bertz CT molecular complexity index is 2170. The quantitative estimate of drug-likeness (QED) is 0.0460. The van der Waals surface area contributed by atoms with Gasteiger partial charge in [-0.2, -0.15) is 0 Å². The van der Waals surface area contributed by atoms with Crippen LogP contribution in [0.4, 0.5) is 4.39 Å². The van der Waals surface area contributed by atoms with Gasteiger partial charge in [-0.25, -0.2) is 4.39 Å². The maximum atomic E-state index is 14.8. The second-order valence-corrected chi connectivity index (χ2v) is 17.7. The first-order valence-corrected chi connectivity index (χ1v) is 23.0. The molecule has 0 radical (unpaired) electrons. The summed E-state index contributed by atoms with van der Waals surface area (Å²) >= 11 is 0. The van der Waals surface area contributed by atoms with Gasteiger partial charge in [0.2, 0.25) is 18.0 Å². The van der Waals surface area contributed by atoms with Crippen molar-refractivity contribution < 1.29 is 52.7 Å². The number of benzene rings is 3. The van der Waals surface area contributed by atoms with E-state index in [1.54, 1.807) is 36.4 Å². The van der Waals surface area contributed by atoms with Crippen LogP contribution in [0.15, 0.2) is 90.1 Å². The molecule has 13 heteroatoms. The van der Waals surface area contributed by atoms with Crippen molar-refractivity contribution in [1.29, 1.82) is 0 Å². The van der Waals surface area contributed by atoms with Gasteiger partial charge in [-0.3, -0.25) is 9.59 Å². The first kappa shape index (κ1) is 45.5. The van der Waals surface area contributed by atoms with Gasteiger partial charge in [0.15, 0.2) is 6.29 Å². The average molecular weight is 881 g/mol. The van der Waals surface area contributed by atoms with Crippen LogP contribution in [-0.2, 0) is 25.7 Å². The Morgan fingerprint density at radius 2 is 1.75 bits per heavy atom. The summed E-state index contributed by atoms with van der Waals surface area (Å²) in [4.78, 5) is 35.0. The predicted octanol–water partition coefficient (Wildman–Crippen LogP) is 9.04. The van der Waals surface area contributed by atoms with Crippen molar-refractivity contribution in [3.8, 4) is 23.0 Å². The number of allylic oxidation sites excluding steroid dienone is 1. The number of hydrogen-bond acceptors (Lipinski definition) is 11. The lowest BCUT2D eigenvalue weighted by Crippen LogP contribution is -2.70.